The van der Waals surface area contributed by atoms with E-state index in [0.717, 1.165) is 14.5 Å². The largest absolute Gasteiger partial charge is 0.349 e. The van der Waals surface area contributed by atoms with Gasteiger partial charge in [0.2, 0.25) is 20.0 Å². The zero-order valence-corrected chi connectivity index (χ0v) is 34.1. The van der Waals surface area contributed by atoms with E-state index in [1.165, 1.54) is 42.5 Å². The lowest BCUT2D eigenvalue weighted by Crippen LogP contribution is -2.31. The number of hydrogen-bond acceptors (Lipinski definition) is 10. The van der Waals surface area contributed by atoms with Crippen LogP contribution in [0.3, 0.4) is 0 Å². The lowest BCUT2D eigenvalue weighted by atomic mass is 10.2. The van der Waals surface area contributed by atoms with Gasteiger partial charge in [0.05, 0.1) is 26.6 Å². The predicted octanol–water partition coefficient (Wildman–Crippen LogP) is 4.46. The van der Waals surface area contributed by atoms with E-state index in [4.69, 9.17) is 21.0 Å². The van der Waals surface area contributed by atoms with Gasteiger partial charge >= 0.3 is 0 Å². The van der Waals surface area contributed by atoms with Crippen LogP contribution in [0.2, 0.25) is 0 Å². The number of carbonyl (C=O) groups excluding carboxylic acids is 2. The monoisotopic (exact) mass is 931 g/mol. The molecule has 2 heterocycles. The summed E-state index contributed by atoms with van der Waals surface area (Å²) < 4.78 is 68.7. The Morgan fingerprint density at radius 3 is 1.64 bits per heavy atom. The molecule has 0 aliphatic heterocycles. The van der Waals surface area contributed by atoms with Gasteiger partial charge in [0.1, 0.15) is 11.4 Å². The Morgan fingerprint density at radius 2 is 1.19 bits per heavy atom. The normalized spacial score (nSPS) is 11.4. The maximum atomic E-state index is 12.4. The van der Waals surface area contributed by atoms with Crippen LogP contribution in [-0.4, -0.2) is 57.9 Å². The van der Waals surface area contributed by atoms with Crippen LogP contribution in [0, 0.1) is 0 Å². The van der Waals surface area contributed by atoms with Crippen LogP contribution < -0.4 is 20.9 Å². The first-order valence-electron chi connectivity index (χ1n) is 14.8. The Balaban J connectivity index is 0.000000278. The predicted molar refractivity (Wildman–Crippen MR) is 206 cm³/mol. The number of nitrogens with zero attached hydrogens (tertiary/aromatic N) is 3. The Hall–Kier alpha value is -4.02. The van der Waals surface area contributed by atoms with Gasteiger partial charge in [0, 0.05) is 44.0 Å². The van der Waals surface area contributed by atoms with Crippen molar-refractivity contribution in [3.05, 3.63) is 129 Å². The average molecular weight is 934 g/mol. The zero-order valence-electron chi connectivity index (χ0n) is 27.7. The summed E-state index contributed by atoms with van der Waals surface area (Å²) >= 11 is 6.35. The molecule has 0 saturated heterocycles. The number of halogens is 3. The second-order valence-corrected chi connectivity index (χ2v) is 18.5. The van der Waals surface area contributed by atoms with Crippen molar-refractivity contribution in [1.29, 1.82) is 0 Å². The van der Waals surface area contributed by atoms with Crippen LogP contribution in [0.1, 0.15) is 40.4 Å². The van der Waals surface area contributed by atoms with Crippen molar-refractivity contribution in [3.63, 3.8) is 0 Å². The van der Waals surface area contributed by atoms with Gasteiger partial charge in [0.25, 0.3) is 20.9 Å². The Labute approximate surface area is 327 Å². The molecule has 3 aromatic carbocycles. The lowest BCUT2D eigenvalue weighted by molar-refractivity contribution is 0.0936. The summed E-state index contributed by atoms with van der Waals surface area (Å²) in [6.45, 7) is 3.87. The summed E-state index contributed by atoms with van der Waals surface area (Å²) in [6.07, 6.45) is 3.28. The molecule has 0 saturated carbocycles. The summed E-state index contributed by atoms with van der Waals surface area (Å²) in [7, 11) is -5.80. The lowest BCUT2D eigenvalue weighted by Gasteiger charge is -2.08. The summed E-state index contributed by atoms with van der Waals surface area (Å²) in [5.74, 6) is -0.774. The molecule has 0 aliphatic rings. The average Bonchev–Trinajstić information content (AvgIpc) is 3.56. The Kier molecular flexibility index (Phi) is 15.4. The van der Waals surface area contributed by atoms with E-state index in [1.54, 1.807) is 65.6 Å². The molecule has 53 heavy (non-hydrogen) atoms. The van der Waals surface area contributed by atoms with Crippen molar-refractivity contribution < 1.29 is 34.8 Å². The number of nitrogens with two attached hydrogens (primary N) is 2. The van der Waals surface area contributed by atoms with Gasteiger partial charge in [-0.1, -0.05) is 37.9 Å². The molecule has 0 aliphatic carbocycles. The minimum atomic E-state index is -3.76. The number of pyridine rings is 1. The standard InChI is InChI=1S/C20H22N6O4S.C6H4BrClO2S.C6H6BrNO2S/c1-13(2)24-20(28)18-5-3-4-17(25-18)19(27)22-10-14-11-23-26(12-14)15-6-8-16(9-7-15)31(21,29)30;2*7-5-1-3-6(4-2-5)11(8,9)10/h3-9,11-13H,10H2,1-2H3,(H,22,27)(H,24,28)(H2,21,29,30);1-4H;1-4H,(H2,8,9,10). The van der Waals surface area contributed by atoms with E-state index in [-0.39, 0.29) is 44.6 Å². The third-order valence-corrected chi connectivity index (χ3v) is 10.7. The molecule has 0 bridgehead atoms. The van der Waals surface area contributed by atoms with Crippen molar-refractivity contribution >= 4 is 83.5 Å². The van der Waals surface area contributed by atoms with Gasteiger partial charge in [-0.25, -0.2) is 45.2 Å². The molecule has 5 rings (SSSR count). The summed E-state index contributed by atoms with van der Waals surface area (Å²) in [5.41, 5.74) is 1.65. The first-order valence-corrected chi connectivity index (χ1v) is 21.8. The number of nitrogens with one attached hydrogen (secondary N) is 2. The van der Waals surface area contributed by atoms with E-state index in [2.05, 4.69) is 52.6 Å². The molecule has 0 radical (unpaired) electrons. The second kappa shape index (κ2) is 18.8. The van der Waals surface area contributed by atoms with Gasteiger partial charge in [-0.3, -0.25) is 9.59 Å². The zero-order chi connectivity index (χ0) is 39.6. The highest BCUT2D eigenvalue weighted by Crippen LogP contribution is 2.18. The smallest absolute Gasteiger partial charge is 0.270 e. The van der Waals surface area contributed by atoms with Gasteiger partial charge in [-0.15, -0.1) is 0 Å². The molecular weight excluding hydrogens is 902 g/mol. The number of rotatable bonds is 9. The maximum absolute atomic E-state index is 12.4. The number of benzene rings is 3. The van der Waals surface area contributed by atoms with E-state index in [1.807, 2.05) is 13.8 Å². The van der Waals surface area contributed by atoms with Crippen molar-refractivity contribution in [1.82, 2.24) is 25.4 Å². The first-order chi connectivity index (χ1) is 24.6. The molecule has 21 heteroatoms. The highest BCUT2D eigenvalue weighted by Gasteiger charge is 2.14. The van der Waals surface area contributed by atoms with Crippen molar-refractivity contribution in [2.75, 3.05) is 0 Å². The first kappa shape index (κ1) is 43.4. The highest BCUT2D eigenvalue weighted by atomic mass is 79.9. The van der Waals surface area contributed by atoms with Crippen LogP contribution in [0.15, 0.2) is 127 Å². The van der Waals surface area contributed by atoms with Crippen LogP contribution in [0.5, 0.6) is 0 Å². The van der Waals surface area contributed by atoms with E-state index < -0.39 is 35.0 Å². The van der Waals surface area contributed by atoms with E-state index >= 15 is 0 Å². The van der Waals surface area contributed by atoms with Gasteiger partial charge < -0.3 is 10.6 Å². The molecule has 15 nitrogen and oxygen atoms in total. The van der Waals surface area contributed by atoms with Crippen molar-refractivity contribution in [2.45, 2.75) is 41.1 Å². The molecule has 6 N–H and O–H groups in total. The minimum Gasteiger partial charge on any atom is -0.349 e. The third kappa shape index (κ3) is 14.4. The van der Waals surface area contributed by atoms with Crippen molar-refractivity contribution in [2.24, 2.45) is 10.3 Å². The Morgan fingerprint density at radius 1 is 0.736 bits per heavy atom. The Bertz CT molecular complexity index is 2310. The molecule has 282 valence electrons. The topological polar surface area (TPSA) is 243 Å². The quantitative estimate of drug-likeness (QED) is 0.151. The molecule has 2 amide bonds. The van der Waals surface area contributed by atoms with Gasteiger partial charge in [0.15, 0.2) is 0 Å². The van der Waals surface area contributed by atoms with Crippen LogP contribution in [0.25, 0.3) is 5.69 Å². The maximum Gasteiger partial charge on any atom is 0.270 e. The second-order valence-electron chi connectivity index (χ2n) is 10.9. The molecule has 5 aromatic rings. The number of primary sulfonamides is 2. The number of aromatic nitrogens is 3. The van der Waals surface area contributed by atoms with E-state index in [0.29, 0.717) is 5.69 Å². The van der Waals surface area contributed by atoms with Crippen LogP contribution in [0.4, 0.5) is 0 Å². The fourth-order valence-corrected chi connectivity index (χ4v) is 6.23. The summed E-state index contributed by atoms with van der Waals surface area (Å²) in [5, 5.41) is 19.6. The molecule has 0 spiro atoms. The number of carbonyl (C=O) groups is 2. The molecule has 0 atom stereocenters. The molecular formula is C32H32Br2ClN7O8S3. The number of amides is 2. The van der Waals surface area contributed by atoms with Crippen molar-refractivity contribution in [3.8, 4) is 5.69 Å². The number of hydrogen-bond donors (Lipinski definition) is 4. The summed E-state index contributed by atoms with van der Waals surface area (Å²) in [4.78, 5) is 28.8. The van der Waals surface area contributed by atoms with Crippen LogP contribution >= 0.6 is 42.5 Å². The summed E-state index contributed by atoms with van der Waals surface area (Å²) in [6, 6.07) is 22.8. The third-order valence-electron chi connectivity index (χ3n) is 6.39. The van der Waals surface area contributed by atoms with Crippen LogP contribution in [-0.2, 0) is 35.6 Å². The number of sulfonamides is 2. The fraction of sp³-hybridized carbons (Fsp3) is 0.125. The van der Waals surface area contributed by atoms with Gasteiger partial charge in [-0.2, -0.15) is 5.10 Å². The molecule has 2 aromatic heterocycles. The van der Waals surface area contributed by atoms with Gasteiger partial charge in [-0.05, 0) is 98.8 Å². The molecule has 0 fully saturated rings. The minimum absolute atomic E-state index is 0.00713. The fourth-order valence-electron chi connectivity index (χ4n) is 3.90. The highest BCUT2D eigenvalue weighted by molar-refractivity contribution is 9.10. The molecule has 0 unspecified atom stereocenters. The SMILES string of the molecule is CC(C)NC(=O)c1cccc(C(=O)NCc2cnn(-c3ccc(S(N)(=O)=O)cc3)c2)n1.NS(=O)(=O)c1ccc(Br)cc1.O=S(=O)(Cl)c1ccc(Br)cc1. The van der Waals surface area contributed by atoms with E-state index in [9.17, 15) is 34.8 Å².